The summed E-state index contributed by atoms with van der Waals surface area (Å²) in [7, 11) is 0. The third kappa shape index (κ3) is 5.11. The Morgan fingerprint density at radius 1 is 1.33 bits per heavy atom. The SMILES string of the molecule is CC#N.CC(O)N1CCCCC1. The normalized spacial score (nSPS) is 20.2. The summed E-state index contributed by atoms with van der Waals surface area (Å²) in [6, 6.07) is 1.75. The van der Waals surface area contributed by atoms with E-state index in [0.29, 0.717) is 0 Å². The van der Waals surface area contributed by atoms with E-state index in [1.807, 2.05) is 6.92 Å². The first kappa shape index (κ1) is 11.4. The Hall–Kier alpha value is -0.590. The first-order chi connectivity index (χ1) is 5.72. The predicted octanol–water partition coefficient (Wildman–Crippen LogP) is 1.34. The third-order valence-electron chi connectivity index (χ3n) is 1.92. The summed E-state index contributed by atoms with van der Waals surface area (Å²) >= 11 is 0. The number of hydrogen-bond donors (Lipinski definition) is 1. The molecule has 3 heteroatoms. The van der Waals surface area contributed by atoms with Gasteiger partial charge in [0.2, 0.25) is 0 Å². The fraction of sp³-hybridized carbons (Fsp3) is 0.889. The molecule has 3 nitrogen and oxygen atoms in total. The highest BCUT2D eigenvalue weighted by atomic mass is 16.3. The average molecular weight is 170 g/mol. The van der Waals surface area contributed by atoms with Gasteiger partial charge in [0.1, 0.15) is 6.23 Å². The van der Waals surface area contributed by atoms with Crippen molar-refractivity contribution in [1.82, 2.24) is 4.90 Å². The van der Waals surface area contributed by atoms with Crippen LogP contribution in [-0.2, 0) is 0 Å². The van der Waals surface area contributed by atoms with Gasteiger partial charge in [0, 0.05) is 20.0 Å². The molecule has 0 aromatic carbocycles. The molecule has 1 N–H and O–H groups in total. The molecule has 0 aliphatic carbocycles. The fourth-order valence-electron chi connectivity index (χ4n) is 1.29. The number of aliphatic hydroxyl groups excluding tert-OH is 1. The maximum Gasteiger partial charge on any atom is 0.104 e. The zero-order valence-electron chi connectivity index (χ0n) is 7.95. The molecule has 1 atom stereocenters. The first-order valence-electron chi connectivity index (χ1n) is 4.45. The van der Waals surface area contributed by atoms with E-state index in [-0.39, 0.29) is 6.23 Å². The maximum absolute atomic E-state index is 9.10. The van der Waals surface area contributed by atoms with Gasteiger partial charge in [0.05, 0.1) is 6.07 Å². The summed E-state index contributed by atoms with van der Waals surface area (Å²) in [5.74, 6) is 0. The van der Waals surface area contributed by atoms with Gasteiger partial charge in [-0.25, -0.2) is 0 Å². The van der Waals surface area contributed by atoms with Crippen molar-refractivity contribution in [2.75, 3.05) is 13.1 Å². The number of nitrogens with zero attached hydrogens (tertiary/aromatic N) is 2. The standard InChI is InChI=1S/C7H15NO.C2H3N/c1-7(9)8-5-3-2-4-6-8;1-2-3/h7,9H,2-6H2,1H3;1H3. The van der Waals surface area contributed by atoms with E-state index in [2.05, 4.69) is 4.90 Å². The number of likely N-dealkylation sites (tertiary alicyclic amines) is 1. The lowest BCUT2D eigenvalue weighted by molar-refractivity contribution is 0.00665. The van der Waals surface area contributed by atoms with Crippen LogP contribution in [0.25, 0.3) is 0 Å². The number of hydrogen-bond acceptors (Lipinski definition) is 3. The number of rotatable bonds is 1. The molecule has 12 heavy (non-hydrogen) atoms. The lowest BCUT2D eigenvalue weighted by atomic mass is 10.1. The molecule has 0 spiro atoms. The van der Waals surface area contributed by atoms with Crippen molar-refractivity contribution in [1.29, 1.82) is 5.26 Å². The smallest absolute Gasteiger partial charge is 0.104 e. The molecule has 1 unspecified atom stereocenters. The second-order valence-corrected chi connectivity index (χ2v) is 2.95. The van der Waals surface area contributed by atoms with Crippen LogP contribution in [0.15, 0.2) is 0 Å². The minimum atomic E-state index is -0.231. The molecule has 0 radical (unpaired) electrons. The largest absolute Gasteiger partial charge is 0.379 e. The predicted molar refractivity (Wildman–Crippen MR) is 48.4 cm³/mol. The van der Waals surface area contributed by atoms with Gasteiger partial charge in [-0.15, -0.1) is 0 Å². The topological polar surface area (TPSA) is 47.3 Å². The summed E-state index contributed by atoms with van der Waals surface area (Å²) in [6.07, 6.45) is 3.62. The molecule has 0 aromatic rings. The second-order valence-electron chi connectivity index (χ2n) is 2.95. The van der Waals surface area contributed by atoms with Gasteiger partial charge in [-0.1, -0.05) is 6.42 Å². The summed E-state index contributed by atoms with van der Waals surface area (Å²) in [5.41, 5.74) is 0. The van der Waals surface area contributed by atoms with Crippen LogP contribution in [0.4, 0.5) is 0 Å². The number of aliphatic hydroxyl groups is 1. The first-order valence-corrected chi connectivity index (χ1v) is 4.45. The highest BCUT2D eigenvalue weighted by Gasteiger charge is 2.12. The zero-order valence-corrected chi connectivity index (χ0v) is 7.95. The van der Waals surface area contributed by atoms with Gasteiger partial charge in [-0.2, -0.15) is 5.26 Å². The van der Waals surface area contributed by atoms with Crippen molar-refractivity contribution in [2.45, 2.75) is 39.3 Å². The summed E-state index contributed by atoms with van der Waals surface area (Å²) in [4.78, 5) is 2.11. The fourth-order valence-corrected chi connectivity index (χ4v) is 1.29. The molecular weight excluding hydrogens is 152 g/mol. The molecular formula is C9H18N2O. The van der Waals surface area contributed by atoms with E-state index in [9.17, 15) is 0 Å². The van der Waals surface area contributed by atoms with Crippen LogP contribution in [0.1, 0.15) is 33.1 Å². The molecule has 1 aliphatic heterocycles. The van der Waals surface area contributed by atoms with Crippen molar-refractivity contribution >= 4 is 0 Å². The van der Waals surface area contributed by atoms with Gasteiger partial charge in [-0.05, 0) is 19.8 Å². The zero-order chi connectivity index (χ0) is 9.40. The highest BCUT2D eigenvalue weighted by molar-refractivity contribution is 4.64. The van der Waals surface area contributed by atoms with Crippen LogP contribution >= 0.6 is 0 Å². The van der Waals surface area contributed by atoms with E-state index < -0.39 is 0 Å². The van der Waals surface area contributed by atoms with Crippen LogP contribution in [0.3, 0.4) is 0 Å². The van der Waals surface area contributed by atoms with Crippen LogP contribution in [0.5, 0.6) is 0 Å². The van der Waals surface area contributed by atoms with Gasteiger partial charge < -0.3 is 5.11 Å². The van der Waals surface area contributed by atoms with E-state index in [1.165, 1.54) is 26.2 Å². The molecule has 1 heterocycles. The minimum Gasteiger partial charge on any atom is -0.379 e. The molecule has 70 valence electrons. The van der Waals surface area contributed by atoms with E-state index in [0.717, 1.165) is 13.1 Å². The van der Waals surface area contributed by atoms with Gasteiger partial charge in [-0.3, -0.25) is 4.90 Å². The Morgan fingerprint density at radius 3 is 2.00 bits per heavy atom. The average Bonchev–Trinajstić information content (AvgIpc) is 2.07. The molecule has 0 amide bonds. The summed E-state index contributed by atoms with van der Waals surface area (Å²) in [5, 5.41) is 16.4. The monoisotopic (exact) mass is 170 g/mol. The molecule has 0 bridgehead atoms. The molecule has 1 saturated heterocycles. The Labute approximate surface area is 74.6 Å². The molecule has 1 fully saturated rings. The number of nitriles is 1. The maximum atomic E-state index is 9.10. The highest BCUT2D eigenvalue weighted by Crippen LogP contribution is 2.09. The Morgan fingerprint density at radius 2 is 1.75 bits per heavy atom. The lowest BCUT2D eigenvalue weighted by Crippen LogP contribution is -2.36. The Kier molecular flexibility index (Phi) is 6.73. The summed E-state index contributed by atoms with van der Waals surface area (Å²) in [6.45, 7) is 5.43. The molecule has 0 saturated carbocycles. The van der Waals surface area contributed by atoms with E-state index >= 15 is 0 Å². The Balaban J connectivity index is 0.000000354. The third-order valence-corrected chi connectivity index (χ3v) is 1.92. The van der Waals surface area contributed by atoms with Gasteiger partial charge in [0.15, 0.2) is 0 Å². The number of piperidine rings is 1. The minimum absolute atomic E-state index is 0.231. The van der Waals surface area contributed by atoms with Crippen LogP contribution in [0, 0.1) is 11.3 Å². The second kappa shape index (κ2) is 7.08. The van der Waals surface area contributed by atoms with Crippen molar-refractivity contribution in [3.8, 4) is 6.07 Å². The summed E-state index contributed by atoms with van der Waals surface area (Å²) < 4.78 is 0. The van der Waals surface area contributed by atoms with Gasteiger partial charge in [0.25, 0.3) is 0 Å². The molecule has 1 rings (SSSR count). The molecule has 1 aliphatic rings. The van der Waals surface area contributed by atoms with Crippen LogP contribution in [0.2, 0.25) is 0 Å². The quantitative estimate of drug-likeness (QED) is 0.646. The van der Waals surface area contributed by atoms with Crippen LogP contribution < -0.4 is 0 Å². The van der Waals surface area contributed by atoms with Crippen molar-refractivity contribution in [3.05, 3.63) is 0 Å². The van der Waals surface area contributed by atoms with Gasteiger partial charge >= 0.3 is 0 Å². The molecule has 0 aromatic heterocycles. The van der Waals surface area contributed by atoms with Crippen molar-refractivity contribution < 1.29 is 5.11 Å². The van der Waals surface area contributed by atoms with E-state index in [1.54, 1.807) is 6.07 Å². The van der Waals surface area contributed by atoms with Crippen molar-refractivity contribution in [3.63, 3.8) is 0 Å². The van der Waals surface area contributed by atoms with Crippen molar-refractivity contribution in [2.24, 2.45) is 0 Å². The Bertz CT molecular complexity index is 134. The van der Waals surface area contributed by atoms with E-state index in [4.69, 9.17) is 10.4 Å². The van der Waals surface area contributed by atoms with Crippen LogP contribution in [-0.4, -0.2) is 29.3 Å². The lowest BCUT2D eigenvalue weighted by Gasteiger charge is -2.28.